The van der Waals surface area contributed by atoms with Crippen molar-refractivity contribution >= 4 is 29.7 Å². The Morgan fingerprint density at radius 2 is 1.51 bits per heavy atom. The Morgan fingerprint density at radius 1 is 0.946 bits per heavy atom. The summed E-state index contributed by atoms with van der Waals surface area (Å²) in [5.74, 6) is 5.01. The van der Waals surface area contributed by atoms with E-state index in [1.807, 2.05) is 19.0 Å². The van der Waals surface area contributed by atoms with Gasteiger partial charge in [0.15, 0.2) is 6.79 Å². The fourth-order valence-electron chi connectivity index (χ4n) is 2.96. The van der Waals surface area contributed by atoms with Crippen molar-refractivity contribution in [1.82, 2.24) is 0 Å². The molecule has 0 aromatic heterocycles. The van der Waals surface area contributed by atoms with Gasteiger partial charge >= 0.3 is 7.12 Å². The van der Waals surface area contributed by atoms with E-state index in [2.05, 4.69) is 80.4 Å². The molecule has 1 heterocycles. The van der Waals surface area contributed by atoms with Crippen LogP contribution in [0.25, 0.3) is 10.8 Å². The Morgan fingerprint density at radius 3 is 1.95 bits per heavy atom. The predicted octanol–water partition coefficient (Wildman–Crippen LogP) is 8.42. The maximum absolute atomic E-state index is 14.0. The fraction of sp³-hybridized carbons (Fsp3) is 0.600. The van der Waals surface area contributed by atoms with Crippen LogP contribution >= 0.6 is 11.8 Å². The van der Waals surface area contributed by atoms with E-state index >= 15 is 0 Å². The van der Waals surface area contributed by atoms with Gasteiger partial charge in [0.05, 0.1) is 16.8 Å². The van der Waals surface area contributed by atoms with Crippen molar-refractivity contribution in [3.05, 3.63) is 41.7 Å². The molecule has 3 rings (SSSR count). The standard InChI is InChI=1S/C17H17FO2S.C7H15BO2.C6H14/c1-12(2)21-9-8-16-15-6-5-14(20-11-19-3)10-13(15)4-7-17(16)18;1-6(2)7(3,4)10-8(5)9-6;1-5(2)6(3)4/h4-7,10,12H,11H2,1-3H3;1-5H3;5-6H,1-4H3. The van der Waals surface area contributed by atoms with Crippen molar-refractivity contribution in [3.63, 3.8) is 0 Å². The van der Waals surface area contributed by atoms with Gasteiger partial charge in [-0.2, -0.15) is 0 Å². The number of ether oxygens (including phenoxy) is 2. The lowest BCUT2D eigenvalue weighted by molar-refractivity contribution is 0.00578. The van der Waals surface area contributed by atoms with Crippen LogP contribution < -0.4 is 4.74 Å². The Balaban J connectivity index is 0.000000353. The molecule has 0 aliphatic carbocycles. The molecular formula is C30H46BFO4S. The van der Waals surface area contributed by atoms with Crippen molar-refractivity contribution in [3.8, 4) is 16.9 Å². The van der Waals surface area contributed by atoms with Crippen LogP contribution in [0.4, 0.5) is 4.39 Å². The first-order valence-electron chi connectivity index (χ1n) is 13.0. The molecule has 0 atom stereocenters. The first-order valence-corrected chi connectivity index (χ1v) is 13.9. The zero-order valence-electron chi connectivity index (χ0n) is 24.8. The molecule has 0 spiro atoms. The summed E-state index contributed by atoms with van der Waals surface area (Å²) in [7, 11) is 1.50. The lowest BCUT2D eigenvalue weighted by Gasteiger charge is -2.32. The van der Waals surface area contributed by atoms with Crippen molar-refractivity contribution < 1.29 is 23.2 Å². The van der Waals surface area contributed by atoms with Gasteiger partial charge in [0, 0.05) is 17.7 Å². The molecule has 0 N–H and O–H groups in total. The first-order chi connectivity index (χ1) is 17.1. The van der Waals surface area contributed by atoms with Gasteiger partial charge in [-0.3, -0.25) is 0 Å². The molecule has 37 heavy (non-hydrogen) atoms. The number of hydrogen-bond donors (Lipinski definition) is 0. The van der Waals surface area contributed by atoms with E-state index < -0.39 is 0 Å². The van der Waals surface area contributed by atoms with Gasteiger partial charge in [-0.25, -0.2) is 4.39 Å². The number of rotatable bonds is 5. The van der Waals surface area contributed by atoms with Crippen LogP contribution in [0, 0.1) is 28.8 Å². The van der Waals surface area contributed by atoms with E-state index in [1.54, 1.807) is 19.2 Å². The van der Waals surface area contributed by atoms with E-state index in [4.69, 9.17) is 18.8 Å². The zero-order valence-corrected chi connectivity index (χ0v) is 25.6. The number of halogens is 1. The Bertz CT molecular complexity index is 1020. The quantitative estimate of drug-likeness (QED) is 0.220. The minimum atomic E-state index is -0.301. The highest BCUT2D eigenvalue weighted by atomic mass is 32.2. The molecule has 1 aliphatic rings. The van der Waals surface area contributed by atoms with E-state index in [0.29, 0.717) is 16.6 Å². The minimum absolute atomic E-state index is 0.0648. The second kappa shape index (κ2) is 15.0. The molecule has 0 bridgehead atoms. The molecule has 206 valence electrons. The van der Waals surface area contributed by atoms with Gasteiger partial charge < -0.3 is 18.8 Å². The second-order valence-corrected chi connectivity index (χ2v) is 12.4. The third-order valence-electron chi connectivity index (χ3n) is 6.46. The molecule has 1 aliphatic heterocycles. The Kier molecular flexibility index (Phi) is 13.5. The van der Waals surface area contributed by atoms with Gasteiger partial charge in [-0.1, -0.05) is 65.3 Å². The van der Waals surface area contributed by atoms with Crippen LogP contribution in [0.1, 0.15) is 74.8 Å². The highest BCUT2D eigenvalue weighted by molar-refractivity contribution is 8.04. The average Bonchev–Trinajstić information content (AvgIpc) is 2.98. The predicted molar refractivity (Wildman–Crippen MR) is 158 cm³/mol. The smallest absolute Gasteiger partial charge is 0.454 e. The normalized spacial score (nSPS) is 15.6. The van der Waals surface area contributed by atoms with Crippen LogP contribution in [0.5, 0.6) is 5.75 Å². The first kappa shape index (κ1) is 33.3. The van der Waals surface area contributed by atoms with E-state index in [9.17, 15) is 4.39 Å². The number of benzene rings is 2. The van der Waals surface area contributed by atoms with Gasteiger partial charge in [0.1, 0.15) is 11.6 Å². The molecule has 1 fully saturated rings. The third-order valence-corrected chi connectivity index (χ3v) is 7.15. The summed E-state index contributed by atoms with van der Waals surface area (Å²) < 4.78 is 35.3. The SMILES string of the molecule is CB1OC(C)(C)C(C)(C)O1.CC(C)C(C)C.COCOc1ccc2c(C#CSC(C)C)c(F)ccc2c1. The topological polar surface area (TPSA) is 36.9 Å². The summed E-state index contributed by atoms with van der Waals surface area (Å²) >= 11 is 1.49. The van der Waals surface area contributed by atoms with Crippen LogP contribution in [0.3, 0.4) is 0 Å². The minimum Gasteiger partial charge on any atom is -0.468 e. The van der Waals surface area contributed by atoms with Gasteiger partial charge in [-0.05, 0) is 81.3 Å². The van der Waals surface area contributed by atoms with E-state index in [1.165, 1.54) is 17.8 Å². The maximum atomic E-state index is 14.0. The summed E-state index contributed by atoms with van der Waals surface area (Å²) in [5.41, 5.74) is 0.109. The summed E-state index contributed by atoms with van der Waals surface area (Å²) in [4.78, 5) is 0. The molecular weight excluding hydrogens is 486 g/mol. The fourth-order valence-corrected chi connectivity index (χ4v) is 3.36. The number of methoxy groups -OCH3 is 1. The molecule has 0 saturated carbocycles. The maximum Gasteiger partial charge on any atom is 0.454 e. The van der Waals surface area contributed by atoms with Crippen LogP contribution in [0.2, 0.25) is 6.82 Å². The zero-order chi connectivity index (χ0) is 28.4. The number of hydrogen-bond acceptors (Lipinski definition) is 5. The van der Waals surface area contributed by atoms with E-state index in [-0.39, 0.29) is 30.9 Å². The van der Waals surface area contributed by atoms with Gasteiger partial charge in [0.25, 0.3) is 0 Å². The van der Waals surface area contributed by atoms with Crippen molar-refractivity contribution in [2.45, 2.75) is 92.5 Å². The summed E-state index contributed by atoms with van der Waals surface area (Å²) in [6.45, 7) is 23.4. The molecule has 1 saturated heterocycles. The van der Waals surface area contributed by atoms with Crippen molar-refractivity contribution in [1.29, 1.82) is 0 Å². The molecule has 2 aromatic carbocycles. The molecule has 7 heteroatoms. The molecule has 0 unspecified atom stereocenters. The summed E-state index contributed by atoms with van der Waals surface area (Å²) in [6.07, 6.45) is 0. The van der Waals surface area contributed by atoms with Crippen molar-refractivity contribution in [2.24, 2.45) is 11.8 Å². The highest BCUT2D eigenvalue weighted by Gasteiger charge is 2.48. The summed E-state index contributed by atoms with van der Waals surface area (Å²) in [6, 6.07) is 8.64. The third kappa shape index (κ3) is 10.9. The lowest BCUT2D eigenvalue weighted by atomic mass is 9.90. The highest BCUT2D eigenvalue weighted by Crippen LogP contribution is 2.36. The lowest BCUT2D eigenvalue weighted by Crippen LogP contribution is -2.41. The van der Waals surface area contributed by atoms with Crippen LogP contribution in [-0.4, -0.2) is 37.5 Å². The largest absolute Gasteiger partial charge is 0.468 e. The monoisotopic (exact) mass is 532 g/mol. The van der Waals surface area contributed by atoms with Crippen molar-refractivity contribution in [2.75, 3.05) is 13.9 Å². The molecule has 4 nitrogen and oxygen atoms in total. The van der Waals surface area contributed by atoms with E-state index in [0.717, 1.165) is 22.6 Å². The molecule has 2 aromatic rings. The molecule has 0 radical (unpaired) electrons. The van der Waals surface area contributed by atoms with Crippen LogP contribution in [-0.2, 0) is 14.0 Å². The second-order valence-electron chi connectivity index (χ2n) is 11.1. The number of fused-ring (bicyclic) bond motifs is 1. The summed E-state index contributed by atoms with van der Waals surface area (Å²) in [5, 5.41) is 5.03. The van der Waals surface area contributed by atoms with Gasteiger partial charge in [0.2, 0.25) is 0 Å². The number of thioether (sulfide) groups is 1. The van der Waals surface area contributed by atoms with Crippen LogP contribution in [0.15, 0.2) is 30.3 Å². The molecule has 0 amide bonds. The Hall–Kier alpha value is -1.72. The Labute approximate surface area is 229 Å². The van der Waals surface area contributed by atoms with Gasteiger partial charge in [-0.15, -0.1) is 0 Å². The average molecular weight is 533 g/mol.